The summed E-state index contributed by atoms with van der Waals surface area (Å²) in [5.74, 6) is -14.1. The average molecular weight is 1610 g/mol. The number of amides is 12. The van der Waals surface area contributed by atoms with Crippen LogP contribution < -0.4 is 145 Å². The van der Waals surface area contributed by atoms with Crippen LogP contribution in [0.15, 0.2) is 30.0 Å². The summed E-state index contributed by atoms with van der Waals surface area (Å²) in [6.45, 7) is 2.71. The van der Waals surface area contributed by atoms with Gasteiger partial charge in [0.2, 0.25) is 70.9 Å². The Bertz CT molecular complexity index is 3260. The van der Waals surface area contributed by atoms with Crippen molar-refractivity contribution in [3.8, 4) is 0 Å². The van der Waals surface area contributed by atoms with Crippen molar-refractivity contribution in [1.82, 2.24) is 58.1 Å². The summed E-state index contributed by atoms with van der Waals surface area (Å²) in [7, 11) is 0. The van der Waals surface area contributed by atoms with Gasteiger partial charge in [-0.3, -0.25) is 87.5 Å². The van der Waals surface area contributed by atoms with E-state index in [1.165, 1.54) is 18.7 Å². The number of hydrogen-bond acceptors (Lipinski definition) is 23. The van der Waals surface area contributed by atoms with Gasteiger partial charge in [0, 0.05) is 52.2 Å². The number of hydrogen-bond donors (Lipinski definition) is 28. The normalized spacial score (nSPS) is 15.4. The third-order valence-electron chi connectivity index (χ3n) is 17.3. The quantitative estimate of drug-likeness (QED) is 0.0153. The number of primary amides is 1. The summed E-state index contributed by atoms with van der Waals surface area (Å²) >= 11 is 0. The van der Waals surface area contributed by atoms with Gasteiger partial charge in [0.1, 0.15) is 72.5 Å². The van der Waals surface area contributed by atoms with E-state index < -0.39 is 162 Å². The van der Waals surface area contributed by atoms with Crippen LogP contribution in [-0.4, -0.2) is 265 Å². The zero-order valence-corrected chi connectivity index (χ0v) is 64.5. The van der Waals surface area contributed by atoms with Crippen molar-refractivity contribution in [1.29, 1.82) is 0 Å². The monoisotopic (exact) mass is 1610 g/mol. The summed E-state index contributed by atoms with van der Waals surface area (Å²) < 4.78 is 0. The van der Waals surface area contributed by atoms with Crippen molar-refractivity contribution in [3.63, 3.8) is 0 Å². The number of aliphatic hydroxyl groups excluding tert-OH is 1. The Morgan fingerprint density at radius 2 is 0.619 bits per heavy atom. The van der Waals surface area contributed by atoms with Crippen molar-refractivity contribution < 1.29 is 72.5 Å². The molecule has 0 saturated carbocycles. The molecule has 1 aliphatic rings. The molecule has 0 aromatic heterocycles. The van der Waals surface area contributed by atoms with Crippen molar-refractivity contribution >= 4 is 113 Å². The van der Waals surface area contributed by atoms with E-state index in [2.05, 4.69) is 83.1 Å². The number of nitrogens with one attached hydrogen (secondary N) is 10. The molecule has 0 bridgehead atoms. The molecule has 0 radical (unpaired) electrons. The molecule has 0 aromatic carbocycles. The molecule has 12 amide bonds. The lowest BCUT2D eigenvalue weighted by Crippen LogP contribution is -2.60. The van der Waals surface area contributed by atoms with Gasteiger partial charge >= 0.3 is 5.97 Å². The second-order valence-corrected chi connectivity index (χ2v) is 26.8. The zero-order valence-electron chi connectivity index (χ0n) is 64.5. The summed E-state index contributed by atoms with van der Waals surface area (Å²) in [6.07, 6.45) is -1.33. The molecule has 1 saturated heterocycles. The molecule has 0 unspecified atom stereocenters. The van der Waals surface area contributed by atoms with Crippen LogP contribution in [0.5, 0.6) is 0 Å². The van der Waals surface area contributed by atoms with Crippen LogP contribution in [0.2, 0.25) is 0 Å². The maximum Gasteiger partial charge on any atom is 0.326 e. The van der Waals surface area contributed by atoms with Crippen LogP contribution in [0.4, 0.5) is 0 Å². The van der Waals surface area contributed by atoms with Crippen LogP contribution >= 0.6 is 0 Å². The van der Waals surface area contributed by atoms with Crippen molar-refractivity contribution in [2.24, 2.45) is 122 Å². The Labute approximate surface area is 655 Å². The van der Waals surface area contributed by atoms with Crippen molar-refractivity contribution in [3.05, 3.63) is 0 Å². The number of nitrogens with zero attached hydrogens (tertiary/aromatic N) is 7. The Morgan fingerprint density at radius 3 is 0.885 bits per heavy atom. The highest BCUT2D eigenvalue weighted by Gasteiger charge is 2.40. The van der Waals surface area contributed by atoms with Crippen LogP contribution in [-0.2, 0) is 62.3 Å². The molecule has 1 heterocycles. The Kier molecular flexibility index (Phi) is 48.5. The number of carboxylic acids is 1. The van der Waals surface area contributed by atoms with E-state index in [0.29, 0.717) is 19.3 Å². The fraction of sp³-hybridized carbons (Fsp3) is 0.708. The number of rotatable bonds is 58. The first-order valence-electron chi connectivity index (χ1n) is 37.3. The van der Waals surface area contributed by atoms with E-state index in [4.69, 9.17) is 91.7 Å². The number of carbonyl (C=O) groups is 13. The van der Waals surface area contributed by atoms with Gasteiger partial charge in [-0.25, -0.2) is 4.79 Å². The van der Waals surface area contributed by atoms with Gasteiger partial charge < -0.3 is 160 Å². The zero-order chi connectivity index (χ0) is 85.3. The number of aliphatic carboxylic acids is 1. The molecule has 113 heavy (non-hydrogen) atoms. The molecular weight excluding hydrogens is 1480 g/mol. The van der Waals surface area contributed by atoms with Gasteiger partial charge in [0.25, 0.3) is 0 Å². The third-order valence-corrected chi connectivity index (χ3v) is 17.3. The third kappa shape index (κ3) is 42.5. The number of unbranched alkanes of at least 4 members (excludes halogenated alkanes) is 2. The van der Waals surface area contributed by atoms with Crippen molar-refractivity contribution in [2.75, 3.05) is 58.9 Å². The Hall–Kier alpha value is -11.4. The van der Waals surface area contributed by atoms with Crippen LogP contribution in [0, 0.1) is 0 Å². The first-order chi connectivity index (χ1) is 53.3. The standard InChI is InChI=1S/C65H125N33O15/c1-34(88-49(102)38(16-7-27-82-60(70)71)92-56(109)43(23-24-46(68)100)96-57(110)45-22-13-33-98(45)58(111)47(69)35(2)99)48(101)89-39(17-8-28-83-61(72)73)52(105)93-41(19-10-30-85-63(76)77)54(107)94-40(18-9-29-84-62(74)75)53(106)91-36(14-3-5-25-66)50(103)90-37(15-4-6-26-67)51(104)95-42(20-11-31-86-64(78)79)55(108)97-44(59(112)113)21-12-32-87-65(80)81/h34-45,47,99H,3-33,66-67,69H2,1-2H3,(H2,68,100)(H,88,102)(H,89,101)(H,90,103)(H,91,106)(H,92,109)(H,93,105)(H,94,107)(H,95,104)(H,96,110)(H,97,108)(H,112,113)(H4,70,71,82)(H4,72,73,83)(H4,74,75,84)(H4,76,77,85)(H4,78,79,86)(H4,80,81,87)/t34-,35+,36-,37-,38-,39-,40-,41-,42-,43-,44+,45-,47-/m0/s1. The van der Waals surface area contributed by atoms with Gasteiger partial charge in [-0.15, -0.1) is 0 Å². The highest BCUT2D eigenvalue weighted by atomic mass is 16.4. The maximum absolute atomic E-state index is 14.8. The van der Waals surface area contributed by atoms with Crippen molar-refractivity contribution in [2.45, 2.75) is 234 Å². The topological polar surface area (TPSA) is 876 Å². The van der Waals surface area contributed by atoms with E-state index in [-0.39, 0.29) is 210 Å². The van der Waals surface area contributed by atoms with Gasteiger partial charge in [-0.05, 0) is 162 Å². The largest absolute Gasteiger partial charge is 0.480 e. The number of guanidine groups is 6. The van der Waals surface area contributed by atoms with Gasteiger partial charge in [0.15, 0.2) is 35.8 Å². The Morgan fingerprint density at radius 1 is 0.363 bits per heavy atom. The van der Waals surface area contributed by atoms with Crippen LogP contribution in [0.1, 0.15) is 155 Å². The molecule has 1 fully saturated rings. The molecule has 0 spiro atoms. The van der Waals surface area contributed by atoms with E-state index in [9.17, 15) is 72.5 Å². The first-order valence-corrected chi connectivity index (χ1v) is 37.3. The fourth-order valence-corrected chi connectivity index (χ4v) is 11.3. The summed E-state index contributed by atoms with van der Waals surface area (Å²) in [4.78, 5) is 206. The van der Waals surface area contributed by atoms with Gasteiger partial charge in [-0.1, -0.05) is 0 Å². The molecule has 640 valence electrons. The maximum atomic E-state index is 14.8. The smallest absolute Gasteiger partial charge is 0.326 e. The molecule has 1 rings (SSSR count). The second kappa shape index (κ2) is 55.1. The number of aliphatic imine (C=N–C) groups is 6. The van der Waals surface area contributed by atoms with E-state index in [1.807, 2.05) is 0 Å². The number of carbonyl (C=O) groups excluding carboxylic acids is 12. The molecular formula is C65H125N33O15. The molecule has 0 aromatic rings. The fourth-order valence-electron chi connectivity index (χ4n) is 11.3. The highest BCUT2D eigenvalue weighted by molar-refractivity contribution is 6.00. The highest BCUT2D eigenvalue weighted by Crippen LogP contribution is 2.20. The summed E-state index contributed by atoms with van der Waals surface area (Å²) in [5.41, 5.74) is 89.6. The van der Waals surface area contributed by atoms with Gasteiger partial charge in [0.05, 0.1) is 6.10 Å². The lowest BCUT2D eigenvalue weighted by atomic mass is 10.0. The van der Waals surface area contributed by atoms with E-state index >= 15 is 0 Å². The first kappa shape index (κ1) is 99.6. The van der Waals surface area contributed by atoms with Gasteiger partial charge in [-0.2, -0.15) is 0 Å². The lowest BCUT2D eigenvalue weighted by Gasteiger charge is -2.29. The molecule has 48 heteroatoms. The minimum Gasteiger partial charge on any atom is -0.480 e. The lowest BCUT2D eigenvalue weighted by molar-refractivity contribution is -0.142. The molecule has 48 nitrogen and oxygen atoms in total. The molecule has 1 aliphatic heterocycles. The second-order valence-electron chi connectivity index (χ2n) is 26.8. The van der Waals surface area contributed by atoms with E-state index in [0.717, 1.165) is 0 Å². The minimum atomic E-state index is -1.58. The number of nitrogens with two attached hydrogens (primary N) is 16. The molecule has 0 aliphatic carbocycles. The number of carboxylic acid groups (broad SMARTS) is 1. The average Bonchev–Trinajstić information content (AvgIpc) is 1.73. The number of likely N-dealkylation sites (tertiary alicyclic amines) is 1. The summed E-state index contributed by atoms with van der Waals surface area (Å²) in [5, 5.41) is 45.9. The predicted molar refractivity (Wildman–Crippen MR) is 421 cm³/mol. The molecule has 44 N–H and O–H groups in total. The SMILES string of the molecule is C[C@H](NC(=O)[C@H](CCCN=C(N)N)NC(=O)[C@H](CCC(N)=O)NC(=O)[C@@H]1CCCN1C(=O)[C@@H](N)[C@@H](C)O)C(=O)N[C@@H](CCCN=C(N)N)C(=O)N[C@@H](CCCN=C(N)N)C(=O)N[C@@H](CCCN=C(N)N)C(=O)N[C@@H](CCCCN)C(=O)N[C@@H](CCCCN)C(=O)N[C@@H](CCCN=C(N)N)C(=O)N[C@H](CCCN=C(N)N)C(=O)O. The number of aliphatic hydroxyl groups is 1. The van der Waals surface area contributed by atoms with E-state index in [1.54, 1.807) is 0 Å². The minimum absolute atomic E-state index is 0.000293. The Balaban J connectivity index is 3.89. The predicted octanol–water partition coefficient (Wildman–Crippen LogP) is -12.5. The molecule has 13 atom stereocenters. The van der Waals surface area contributed by atoms with Crippen LogP contribution in [0.3, 0.4) is 0 Å². The van der Waals surface area contributed by atoms with Crippen LogP contribution in [0.25, 0.3) is 0 Å². The summed E-state index contributed by atoms with van der Waals surface area (Å²) in [6, 6.07) is -17.5.